The second-order valence-corrected chi connectivity index (χ2v) is 8.32. The molecule has 0 radical (unpaired) electrons. The zero-order valence-corrected chi connectivity index (χ0v) is 18.0. The molecule has 11 heteroatoms. The number of nitrogens with one attached hydrogen (secondary N) is 1. The second kappa shape index (κ2) is 9.15. The van der Waals surface area contributed by atoms with E-state index in [9.17, 15) is 4.79 Å². The number of hydrogen-bond acceptors (Lipinski definition) is 9. The molecule has 2 fully saturated rings. The smallest absolute Gasteiger partial charge is 0.412 e. The Morgan fingerprint density at radius 2 is 1.88 bits per heavy atom. The average molecular weight is 455 g/mol. The van der Waals surface area contributed by atoms with E-state index in [0.29, 0.717) is 23.2 Å². The first-order chi connectivity index (χ1) is 15.7. The van der Waals surface area contributed by atoms with E-state index in [-0.39, 0.29) is 24.9 Å². The van der Waals surface area contributed by atoms with Crippen LogP contribution in [0.15, 0.2) is 64.6 Å². The summed E-state index contributed by atoms with van der Waals surface area (Å²) in [6, 6.07) is 16.6. The molecule has 3 aromatic rings. The number of hydrogen-bond donors (Lipinski definition) is 1. The maximum Gasteiger partial charge on any atom is 0.412 e. The lowest BCUT2D eigenvalue weighted by Gasteiger charge is -2.17. The lowest BCUT2D eigenvalue weighted by molar-refractivity contribution is 0.00751. The quantitative estimate of drug-likeness (QED) is 0.600. The number of anilines is 1. The van der Waals surface area contributed by atoms with Crippen molar-refractivity contribution >= 4 is 23.5 Å². The van der Waals surface area contributed by atoms with Crippen molar-refractivity contribution in [2.45, 2.75) is 34.4 Å². The van der Waals surface area contributed by atoms with Crippen LogP contribution in [0.25, 0.3) is 0 Å². The molecule has 5 rings (SSSR count). The Balaban J connectivity index is 1.21. The predicted molar refractivity (Wildman–Crippen MR) is 114 cm³/mol. The van der Waals surface area contributed by atoms with Gasteiger partial charge < -0.3 is 18.9 Å². The van der Waals surface area contributed by atoms with Crippen molar-refractivity contribution < 1.29 is 23.7 Å². The minimum Gasteiger partial charge on any atom is -0.497 e. The lowest BCUT2D eigenvalue weighted by Crippen LogP contribution is -2.35. The van der Waals surface area contributed by atoms with Gasteiger partial charge in [-0.05, 0) is 58.6 Å². The summed E-state index contributed by atoms with van der Waals surface area (Å²) >= 11 is 1.47. The van der Waals surface area contributed by atoms with E-state index < -0.39 is 12.2 Å². The molecule has 166 valence electrons. The number of benzene rings is 2. The Morgan fingerprint density at radius 3 is 2.66 bits per heavy atom. The van der Waals surface area contributed by atoms with Gasteiger partial charge in [-0.1, -0.05) is 18.2 Å². The normalized spacial score (nSPS) is 24.2. The highest BCUT2D eigenvalue weighted by Crippen LogP contribution is 2.37. The lowest BCUT2D eigenvalue weighted by atomic mass is 10.1. The average Bonchev–Trinajstić information content (AvgIpc) is 3.53. The predicted octanol–water partition coefficient (Wildman–Crippen LogP) is 2.79. The number of tetrazole rings is 1. The van der Waals surface area contributed by atoms with Gasteiger partial charge in [-0.3, -0.25) is 5.32 Å². The number of fused-ring (bicyclic) bond motifs is 1. The van der Waals surface area contributed by atoms with E-state index in [1.165, 1.54) is 11.8 Å². The van der Waals surface area contributed by atoms with Crippen molar-refractivity contribution in [2.24, 2.45) is 0 Å². The summed E-state index contributed by atoms with van der Waals surface area (Å²) in [6.45, 7) is 0.605. The molecule has 0 spiro atoms. The molecule has 4 atom stereocenters. The molecule has 0 aliphatic carbocycles. The van der Waals surface area contributed by atoms with Gasteiger partial charge in [0.15, 0.2) is 6.10 Å². The van der Waals surface area contributed by atoms with Gasteiger partial charge >= 0.3 is 6.09 Å². The Bertz CT molecular complexity index is 1060. The molecule has 10 nitrogen and oxygen atoms in total. The molecule has 3 heterocycles. The molecule has 2 aliphatic heterocycles. The first kappa shape index (κ1) is 20.7. The summed E-state index contributed by atoms with van der Waals surface area (Å²) < 4.78 is 24.3. The molecule has 1 amide bonds. The van der Waals surface area contributed by atoms with Crippen LogP contribution < -0.4 is 10.1 Å². The first-order valence-corrected chi connectivity index (χ1v) is 10.9. The summed E-state index contributed by atoms with van der Waals surface area (Å²) in [6.07, 6.45) is -1.79. The third kappa shape index (κ3) is 4.27. The summed E-state index contributed by atoms with van der Waals surface area (Å²) in [5.41, 5.74) is 0.604. The number of amides is 1. The molecule has 2 aliphatic rings. The number of nitrogens with zero attached hydrogens (tertiary/aromatic N) is 4. The molecule has 1 aromatic heterocycles. The van der Waals surface area contributed by atoms with Crippen molar-refractivity contribution in [3.05, 3.63) is 54.6 Å². The van der Waals surface area contributed by atoms with Crippen LogP contribution in [-0.2, 0) is 14.2 Å². The van der Waals surface area contributed by atoms with Crippen molar-refractivity contribution in [1.29, 1.82) is 0 Å². The van der Waals surface area contributed by atoms with Crippen LogP contribution in [0, 0.1) is 0 Å². The summed E-state index contributed by atoms with van der Waals surface area (Å²) in [4.78, 5) is 13.4. The van der Waals surface area contributed by atoms with E-state index in [2.05, 4.69) is 20.8 Å². The van der Waals surface area contributed by atoms with Gasteiger partial charge in [0, 0.05) is 10.6 Å². The van der Waals surface area contributed by atoms with Crippen LogP contribution in [0.2, 0.25) is 0 Å². The summed E-state index contributed by atoms with van der Waals surface area (Å²) in [5.74, 6) is 0.703. The topological polar surface area (TPSA) is 110 Å². The van der Waals surface area contributed by atoms with Gasteiger partial charge in [-0.2, -0.15) is 0 Å². The highest BCUT2D eigenvalue weighted by Gasteiger charge is 2.51. The number of carbonyl (C=O) groups is 1. The molecule has 0 saturated carbocycles. The SMILES string of the molecule is COc1ccc(NC(=O)OC2COC3C2OCC3n2nnnc2Sc2ccccc2)cc1. The number of methoxy groups -OCH3 is 1. The Hall–Kier alpha value is -3.15. The van der Waals surface area contributed by atoms with Crippen molar-refractivity contribution in [3.8, 4) is 5.75 Å². The molecule has 2 saturated heterocycles. The van der Waals surface area contributed by atoms with Gasteiger partial charge in [0.1, 0.15) is 24.0 Å². The fourth-order valence-corrected chi connectivity index (χ4v) is 4.62. The highest BCUT2D eigenvalue weighted by molar-refractivity contribution is 7.99. The molecule has 4 unspecified atom stereocenters. The molecule has 0 bridgehead atoms. The summed E-state index contributed by atoms with van der Waals surface area (Å²) in [5, 5.41) is 15.5. The van der Waals surface area contributed by atoms with Crippen LogP contribution in [0.1, 0.15) is 6.04 Å². The number of rotatable bonds is 6. The highest BCUT2D eigenvalue weighted by atomic mass is 32.2. The number of aromatic nitrogens is 4. The maximum atomic E-state index is 12.4. The van der Waals surface area contributed by atoms with Gasteiger partial charge in [-0.25, -0.2) is 9.48 Å². The molecule has 32 heavy (non-hydrogen) atoms. The van der Waals surface area contributed by atoms with E-state index in [1.54, 1.807) is 36.1 Å². The Kier molecular flexibility index (Phi) is 5.93. The maximum absolute atomic E-state index is 12.4. The van der Waals surface area contributed by atoms with E-state index in [1.807, 2.05) is 30.3 Å². The van der Waals surface area contributed by atoms with E-state index in [0.717, 1.165) is 4.90 Å². The van der Waals surface area contributed by atoms with Crippen LogP contribution >= 0.6 is 11.8 Å². The van der Waals surface area contributed by atoms with Crippen LogP contribution in [0.4, 0.5) is 10.5 Å². The third-order valence-electron chi connectivity index (χ3n) is 5.31. The van der Waals surface area contributed by atoms with Gasteiger partial charge in [0.05, 0.1) is 20.3 Å². The monoisotopic (exact) mass is 455 g/mol. The fourth-order valence-electron chi connectivity index (χ4n) is 3.77. The van der Waals surface area contributed by atoms with Crippen LogP contribution in [-0.4, -0.2) is 64.9 Å². The first-order valence-electron chi connectivity index (χ1n) is 10.1. The van der Waals surface area contributed by atoms with Crippen molar-refractivity contribution in [3.63, 3.8) is 0 Å². The summed E-state index contributed by atoms with van der Waals surface area (Å²) in [7, 11) is 1.58. The standard InChI is InChI=1S/C21H21N5O5S/c1-28-14-9-7-13(8-10-14)22-21(27)31-17-12-30-18-16(11-29-19(17)18)26-20(23-24-25-26)32-15-5-3-2-4-6-15/h2-10,16-19H,11-12H2,1H3,(H,22,27). The number of carbonyl (C=O) groups excluding carboxylic acids is 1. The fraction of sp³-hybridized carbons (Fsp3) is 0.333. The van der Waals surface area contributed by atoms with Crippen LogP contribution in [0.5, 0.6) is 5.75 Å². The third-order valence-corrected chi connectivity index (χ3v) is 6.26. The van der Waals surface area contributed by atoms with Gasteiger partial charge in [0.2, 0.25) is 5.16 Å². The largest absolute Gasteiger partial charge is 0.497 e. The molecular formula is C21H21N5O5S. The number of ether oxygens (including phenoxy) is 4. The van der Waals surface area contributed by atoms with Crippen molar-refractivity contribution in [1.82, 2.24) is 20.2 Å². The van der Waals surface area contributed by atoms with Crippen LogP contribution in [0.3, 0.4) is 0 Å². The van der Waals surface area contributed by atoms with Gasteiger partial charge in [-0.15, -0.1) is 5.10 Å². The molecule has 1 N–H and O–H groups in total. The molecule has 2 aromatic carbocycles. The molecular weight excluding hydrogens is 434 g/mol. The van der Waals surface area contributed by atoms with E-state index >= 15 is 0 Å². The zero-order chi connectivity index (χ0) is 21.9. The van der Waals surface area contributed by atoms with E-state index in [4.69, 9.17) is 18.9 Å². The van der Waals surface area contributed by atoms with Gasteiger partial charge in [0.25, 0.3) is 0 Å². The second-order valence-electron chi connectivity index (χ2n) is 7.28. The zero-order valence-electron chi connectivity index (χ0n) is 17.2. The minimum absolute atomic E-state index is 0.209. The van der Waals surface area contributed by atoms with Crippen molar-refractivity contribution in [2.75, 3.05) is 25.6 Å². The minimum atomic E-state index is -0.570. The Morgan fingerprint density at radius 1 is 1.09 bits per heavy atom. The Labute approximate surface area is 188 Å².